The lowest BCUT2D eigenvalue weighted by atomic mass is 9.84. The molecule has 1 saturated heterocycles. The van der Waals surface area contributed by atoms with Crippen LogP contribution in [0.5, 0.6) is 5.75 Å². The number of nitrogens with zero attached hydrogens (tertiary/aromatic N) is 6. The van der Waals surface area contributed by atoms with Crippen LogP contribution in [0.4, 0.5) is 17.5 Å². The Morgan fingerprint density at radius 2 is 1.89 bits per heavy atom. The van der Waals surface area contributed by atoms with Crippen LogP contribution >= 0.6 is 0 Å². The van der Waals surface area contributed by atoms with Gasteiger partial charge in [-0.25, -0.2) is 0 Å². The molecule has 0 saturated carbocycles. The van der Waals surface area contributed by atoms with Gasteiger partial charge in [0.2, 0.25) is 5.78 Å². The first-order valence-corrected chi connectivity index (χ1v) is 12.6. The maximum absolute atomic E-state index is 13.6. The highest BCUT2D eigenvalue weighted by molar-refractivity contribution is 5.97. The van der Waals surface area contributed by atoms with Gasteiger partial charge in [0, 0.05) is 43.4 Å². The molecule has 36 heavy (non-hydrogen) atoms. The van der Waals surface area contributed by atoms with Crippen LogP contribution in [0.3, 0.4) is 0 Å². The number of fused-ring (bicyclic) bond motifs is 1. The zero-order chi connectivity index (χ0) is 26.0. The van der Waals surface area contributed by atoms with E-state index in [1.165, 1.54) is 0 Å². The maximum atomic E-state index is 13.6. The number of morpholine rings is 1. The summed E-state index contributed by atoms with van der Waals surface area (Å²) >= 11 is 0. The number of carbonyl (C=O) groups excluding carboxylic acids is 1. The summed E-state index contributed by atoms with van der Waals surface area (Å²) in [4.78, 5) is 18.0. The molecule has 1 aliphatic rings. The van der Waals surface area contributed by atoms with E-state index in [1.54, 1.807) is 16.3 Å². The van der Waals surface area contributed by atoms with Crippen molar-refractivity contribution in [1.29, 1.82) is 0 Å². The molecule has 1 aliphatic heterocycles. The second kappa shape index (κ2) is 10.3. The van der Waals surface area contributed by atoms with E-state index in [1.807, 2.05) is 24.3 Å². The van der Waals surface area contributed by atoms with Gasteiger partial charge in [0.1, 0.15) is 5.75 Å². The summed E-state index contributed by atoms with van der Waals surface area (Å²) < 4.78 is 14.6. The average molecular weight is 497 g/mol. The lowest BCUT2D eigenvalue weighted by Crippen LogP contribution is -2.41. The number of Topliss-reactive ketones (excluding diaryl/α,β-unsaturated/α-hetero) is 1. The molecule has 2 N–H and O–H groups in total. The fourth-order valence-corrected chi connectivity index (χ4v) is 4.63. The monoisotopic (exact) mass is 496 g/mol. The molecule has 4 rings (SSSR count). The Hall–Kier alpha value is -3.40. The summed E-state index contributed by atoms with van der Waals surface area (Å²) in [5.41, 5.74) is 9.15. The van der Waals surface area contributed by atoms with E-state index in [2.05, 4.69) is 54.6 Å². The van der Waals surface area contributed by atoms with E-state index >= 15 is 0 Å². The van der Waals surface area contributed by atoms with Crippen molar-refractivity contribution in [2.75, 3.05) is 62.0 Å². The number of nitrogen functional groups attached to an aromatic ring is 1. The summed E-state index contributed by atoms with van der Waals surface area (Å²) in [6.45, 7) is 15.0. The summed E-state index contributed by atoms with van der Waals surface area (Å²) in [6.07, 6.45) is 0. The smallest absolute Gasteiger partial charge is 0.355 e. The van der Waals surface area contributed by atoms with Crippen LogP contribution in [0.2, 0.25) is 0 Å². The third kappa shape index (κ3) is 4.95. The van der Waals surface area contributed by atoms with Gasteiger partial charge >= 0.3 is 11.6 Å². The van der Waals surface area contributed by atoms with Crippen molar-refractivity contribution in [1.82, 2.24) is 14.7 Å². The number of nitrogens with two attached hydrogens (primary N) is 1. The number of hydrogen-bond donors (Lipinski definition) is 1. The van der Waals surface area contributed by atoms with E-state index in [0.29, 0.717) is 24.4 Å². The molecule has 2 aromatic heterocycles. The Bertz CT molecular complexity index is 1240. The highest BCUT2D eigenvalue weighted by Gasteiger charge is 2.29. The summed E-state index contributed by atoms with van der Waals surface area (Å²) in [5, 5.41) is 9.08. The van der Waals surface area contributed by atoms with Crippen LogP contribution in [0, 0.1) is 0 Å². The fourth-order valence-electron chi connectivity index (χ4n) is 4.63. The number of anilines is 3. The molecule has 1 fully saturated rings. The largest absolute Gasteiger partial charge is 0.494 e. The lowest BCUT2D eigenvalue weighted by Gasteiger charge is -2.33. The van der Waals surface area contributed by atoms with Crippen LogP contribution in [0.15, 0.2) is 24.3 Å². The third-order valence-corrected chi connectivity index (χ3v) is 6.64. The zero-order valence-electron chi connectivity index (χ0n) is 22.2. The second-order valence-corrected chi connectivity index (χ2v) is 10.00. The fraction of sp³-hybridized carbons (Fsp3) is 0.538. The van der Waals surface area contributed by atoms with Gasteiger partial charge in [-0.3, -0.25) is 4.79 Å². The minimum atomic E-state index is -0.216. The number of ether oxygens (including phenoxy) is 2. The number of aromatic nitrogens is 4. The van der Waals surface area contributed by atoms with Gasteiger partial charge in [0.05, 0.1) is 26.0 Å². The third-order valence-electron chi connectivity index (χ3n) is 6.64. The van der Waals surface area contributed by atoms with Gasteiger partial charge in [0.15, 0.2) is 12.4 Å². The van der Waals surface area contributed by atoms with Crippen LogP contribution in [0.25, 0.3) is 5.65 Å². The second-order valence-electron chi connectivity index (χ2n) is 10.00. The van der Waals surface area contributed by atoms with Crippen LogP contribution in [0.1, 0.15) is 50.5 Å². The average Bonchev–Trinajstić information content (AvgIpc) is 3.18. The van der Waals surface area contributed by atoms with Crippen molar-refractivity contribution < 1.29 is 19.0 Å². The molecule has 194 valence electrons. The van der Waals surface area contributed by atoms with Gasteiger partial charge in [0.25, 0.3) is 0 Å². The Morgan fingerprint density at radius 1 is 1.19 bits per heavy atom. The molecule has 0 aliphatic carbocycles. The molecule has 10 heteroatoms. The topological polar surface area (TPSA) is 102 Å². The minimum absolute atomic E-state index is 0.0471. The molecule has 0 bridgehead atoms. The van der Waals surface area contributed by atoms with Gasteiger partial charge in [-0.2, -0.15) is 0 Å². The SMILES string of the molecule is CCN(CC)c1ccc2n(n1)c(N)n[n+]2CC(=O)c1cc(N2CCOCC2)c(OC)c(C(C)(C)C)c1. The molecule has 0 radical (unpaired) electrons. The van der Waals surface area contributed by atoms with Crippen LogP contribution in [-0.2, 0) is 16.7 Å². The van der Waals surface area contributed by atoms with E-state index in [0.717, 1.165) is 49.0 Å². The van der Waals surface area contributed by atoms with Crippen molar-refractivity contribution >= 4 is 28.9 Å². The van der Waals surface area contributed by atoms with Crippen LogP contribution in [-0.4, -0.2) is 67.0 Å². The number of rotatable bonds is 8. The highest BCUT2D eigenvalue weighted by Crippen LogP contribution is 2.40. The molecular formula is C26H38N7O3+. The van der Waals surface area contributed by atoms with Crippen molar-refractivity contribution in [2.24, 2.45) is 0 Å². The molecule has 1 aromatic carbocycles. The first-order chi connectivity index (χ1) is 17.2. The summed E-state index contributed by atoms with van der Waals surface area (Å²) in [5.74, 6) is 1.80. The highest BCUT2D eigenvalue weighted by atomic mass is 16.5. The van der Waals surface area contributed by atoms with Crippen LogP contribution < -0.4 is 25.0 Å². The zero-order valence-corrected chi connectivity index (χ0v) is 22.2. The van der Waals surface area contributed by atoms with Crippen molar-refractivity contribution in [3.63, 3.8) is 0 Å². The molecular weight excluding hydrogens is 458 g/mol. The Kier molecular flexibility index (Phi) is 7.35. The molecule has 10 nitrogen and oxygen atoms in total. The van der Waals surface area contributed by atoms with Gasteiger partial charge < -0.3 is 25.0 Å². The maximum Gasteiger partial charge on any atom is 0.355 e. The molecule has 0 amide bonds. The molecule has 0 atom stereocenters. The van der Waals surface area contributed by atoms with E-state index in [-0.39, 0.29) is 23.7 Å². The quantitative estimate of drug-likeness (QED) is 0.375. The van der Waals surface area contributed by atoms with E-state index < -0.39 is 0 Å². The van der Waals surface area contributed by atoms with Gasteiger partial charge in [-0.05, 0) is 42.6 Å². The van der Waals surface area contributed by atoms with Crippen molar-refractivity contribution in [3.05, 3.63) is 35.4 Å². The predicted molar refractivity (Wildman–Crippen MR) is 140 cm³/mol. The molecule has 0 spiro atoms. The summed E-state index contributed by atoms with van der Waals surface area (Å²) in [6, 6.07) is 7.72. The Labute approximate surface area is 212 Å². The standard InChI is InChI=1S/C26H38N7O3/c1-7-30(8-2)22-9-10-23-32(29-25(27)33(23)28-22)17-21(34)18-15-19(26(3,4)5)24(35-6)20(16-18)31-11-13-36-14-12-31/h9-10,15-16H,7-8,11-14,17H2,1-6H3,(H2,27,29)/q+1. The number of methoxy groups -OCH3 is 1. The summed E-state index contributed by atoms with van der Waals surface area (Å²) in [7, 11) is 1.69. The Balaban J connectivity index is 1.72. The van der Waals surface area contributed by atoms with Gasteiger partial charge in [-0.15, -0.1) is 4.68 Å². The minimum Gasteiger partial charge on any atom is -0.494 e. The number of benzene rings is 1. The first-order valence-electron chi connectivity index (χ1n) is 12.6. The number of carbonyl (C=O) groups is 1. The van der Waals surface area contributed by atoms with Gasteiger partial charge in [-0.1, -0.05) is 30.4 Å². The van der Waals surface area contributed by atoms with Crippen molar-refractivity contribution in [3.8, 4) is 5.75 Å². The van der Waals surface area contributed by atoms with Crippen molar-refractivity contribution in [2.45, 2.75) is 46.6 Å². The van der Waals surface area contributed by atoms with E-state index in [9.17, 15) is 4.79 Å². The number of ketones is 1. The van der Waals surface area contributed by atoms with E-state index in [4.69, 9.17) is 15.2 Å². The predicted octanol–water partition coefficient (Wildman–Crippen LogP) is 2.47. The molecule has 0 unspecified atom stereocenters. The Morgan fingerprint density at radius 3 is 2.50 bits per heavy atom. The number of hydrogen-bond acceptors (Lipinski definition) is 8. The molecule has 3 heterocycles. The lowest BCUT2D eigenvalue weighted by molar-refractivity contribution is -0.714. The normalized spacial score (nSPS) is 14.3. The first kappa shape index (κ1) is 25.7. The molecule has 3 aromatic rings.